The van der Waals surface area contributed by atoms with E-state index in [2.05, 4.69) is 6.58 Å². The highest BCUT2D eigenvalue weighted by molar-refractivity contribution is 7.92. The molecular formula is C23H23F3N2O4S. The summed E-state index contributed by atoms with van der Waals surface area (Å²) in [6.45, 7) is 4.46. The summed E-state index contributed by atoms with van der Waals surface area (Å²) in [6, 6.07) is 9.43. The second kappa shape index (κ2) is 8.83. The SMILES string of the molecule is C=CS(=O)(=O)N1CCC(N2CCc3c(Oc4ccc(C(F)(F)F)cc4)cccc3C2=O)CC1. The molecule has 1 fully saturated rings. The minimum Gasteiger partial charge on any atom is -0.457 e. The molecule has 0 unspecified atom stereocenters. The maximum Gasteiger partial charge on any atom is 0.416 e. The zero-order valence-electron chi connectivity index (χ0n) is 17.7. The number of rotatable bonds is 5. The highest BCUT2D eigenvalue weighted by atomic mass is 32.2. The maximum absolute atomic E-state index is 13.2. The van der Waals surface area contributed by atoms with Crippen LogP contribution in [0.15, 0.2) is 54.5 Å². The van der Waals surface area contributed by atoms with E-state index in [0.717, 1.165) is 17.5 Å². The Bertz CT molecular complexity index is 1160. The Morgan fingerprint density at radius 3 is 2.30 bits per heavy atom. The minimum absolute atomic E-state index is 0.0681. The summed E-state index contributed by atoms with van der Waals surface area (Å²) >= 11 is 0. The number of hydrogen-bond acceptors (Lipinski definition) is 4. The summed E-state index contributed by atoms with van der Waals surface area (Å²) in [4.78, 5) is 15.0. The topological polar surface area (TPSA) is 66.9 Å². The lowest BCUT2D eigenvalue weighted by atomic mass is 9.94. The van der Waals surface area contributed by atoms with Gasteiger partial charge in [-0.25, -0.2) is 8.42 Å². The Morgan fingerprint density at radius 2 is 1.70 bits per heavy atom. The molecule has 2 aliphatic heterocycles. The molecule has 1 amide bonds. The van der Waals surface area contributed by atoms with E-state index >= 15 is 0 Å². The maximum atomic E-state index is 13.2. The van der Waals surface area contributed by atoms with Gasteiger partial charge in [0.2, 0.25) is 10.0 Å². The van der Waals surface area contributed by atoms with E-state index < -0.39 is 21.8 Å². The third-order valence-corrected chi connectivity index (χ3v) is 7.58. The number of nitrogens with zero attached hydrogens (tertiary/aromatic N) is 2. The molecule has 2 heterocycles. The number of carbonyl (C=O) groups is 1. The number of piperidine rings is 1. The smallest absolute Gasteiger partial charge is 0.416 e. The third kappa shape index (κ3) is 4.77. The van der Waals surface area contributed by atoms with Gasteiger partial charge in [0.15, 0.2) is 0 Å². The fraction of sp³-hybridized carbons (Fsp3) is 0.348. The van der Waals surface area contributed by atoms with E-state index in [1.807, 2.05) is 0 Å². The first-order valence-electron chi connectivity index (χ1n) is 10.5. The Morgan fingerprint density at radius 1 is 1.03 bits per heavy atom. The van der Waals surface area contributed by atoms with Gasteiger partial charge >= 0.3 is 6.18 Å². The molecule has 33 heavy (non-hydrogen) atoms. The molecule has 4 rings (SSSR count). The zero-order chi connectivity index (χ0) is 23.8. The van der Waals surface area contributed by atoms with Gasteiger partial charge in [-0.05, 0) is 55.7 Å². The molecule has 176 valence electrons. The second-order valence-corrected chi connectivity index (χ2v) is 9.88. The van der Waals surface area contributed by atoms with Crippen LogP contribution in [0.2, 0.25) is 0 Å². The first kappa shape index (κ1) is 23.3. The molecule has 1 saturated heterocycles. The van der Waals surface area contributed by atoms with Crippen LogP contribution in [0.5, 0.6) is 11.5 Å². The van der Waals surface area contributed by atoms with Crippen LogP contribution in [0.3, 0.4) is 0 Å². The molecule has 0 N–H and O–H groups in total. The Labute approximate surface area is 190 Å². The van der Waals surface area contributed by atoms with Crippen LogP contribution in [0.1, 0.15) is 34.3 Å². The molecule has 2 aromatic carbocycles. The van der Waals surface area contributed by atoms with Crippen molar-refractivity contribution in [2.24, 2.45) is 0 Å². The molecule has 0 aliphatic carbocycles. The normalized spacial score (nSPS) is 18.2. The summed E-state index contributed by atoms with van der Waals surface area (Å²) in [5.41, 5.74) is 0.444. The van der Waals surface area contributed by atoms with Crippen LogP contribution < -0.4 is 4.74 Å². The Balaban J connectivity index is 1.48. The number of alkyl halides is 3. The van der Waals surface area contributed by atoms with Gasteiger partial charge in [0, 0.05) is 42.2 Å². The van der Waals surface area contributed by atoms with Crippen molar-refractivity contribution in [2.45, 2.75) is 31.5 Å². The lowest BCUT2D eigenvalue weighted by molar-refractivity contribution is -0.137. The summed E-state index contributed by atoms with van der Waals surface area (Å²) in [5, 5.41) is 0.938. The molecule has 0 spiro atoms. The second-order valence-electron chi connectivity index (χ2n) is 8.00. The molecule has 0 saturated carbocycles. The van der Waals surface area contributed by atoms with Gasteiger partial charge in [-0.1, -0.05) is 12.6 Å². The predicted molar refractivity (Wildman–Crippen MR) is 116 cm³/mol. The number of carbonyl (C=O) groups excluding carboxylic acids is 1. The average Bonchev–Trinajstić information content (AvgIpc) is 2.80. The van der Waals surface area contributed by atoms with Gasteiger partial charge in [-0.15, -0.1) is 0 Å². The van der Waals surface area contributed by atoms with Gasteiger partial charge in [0.25, 0.3) is 5.91 Å². The number of hydrogen-bond donors (Lipinski definition) is 0. The summed E-state index contributed by atoms with van der Waals surface area (Å²) in [7, 11) is -3.47. The van der Waals surface area contributed by atoms with Crippen molar-refractivity contribution in [3.05, 3.63) is 71.1 Å². The molecule has 10 heteroatoms. The fourth-order valence-electron chi connectivity index (χ4n) is 4.31. The number of sulfonamides is 1. The quantitative estimate of drug-likeness (QED) is 0.635. The lowest BCUT2D eigenvalue weighted by Gasteiger charge is -2.40. The highest BCUT2D eigenvalue weighted by Gasteiger charge is 2.35. The van der Waals surface area contributed by atoms with E-state index in [9.17, 15) is 26.4 Å². The van der Waals surface area contributed by atoms with Crippen molar-refractivity contribution >= 4 is 15.9 Å². The van der Waals surface area contributed by atoms with Gasteiger partial charge in [-0.3, -0.25) is 4.79 Å². The van der Waals surface area contributed by atoms with Crippen LogP contribution in [-0.2, 0) is 22.6 Å². The molecule has 0 aromatic heterocycles. The molecule has 0 atom stereocenters. The molecule has 0 radical (unpaired) electrons. The minimum atomic E-state index is -4.42. The van der Waals surface area contributed by atoms with Crippen LogP contribution in [0.4, 0.5) is 13.2 Å². The molecule has 0 bridgehead atoms. The standard InChI is InChI=1S/C23H23F3N2O4S/c1-2-33(30,31)27-13-10-17(11-14-27)28-15-12-19-20(22(28)29)4-3-5-21(19)32-18-8-6-16(7-9-18)23(24,25)26/h2-9,17H,1,10-15H2. The average molecular weight is 481 g/mol. The monoisotopic (exact) mass is 480 g/mol. The van der Waals surface area contributed by atoms with Crippen molar-refractivity contribution in [3.8, 4) is 11.5 Å². The van der Waals surface area contributed by atoms with Crippen molar-refractivity contribution in [1.82, 2.24) is 9.21 Å². The van der Waals surface area contributed by atoms with Crippen LogP contribution in [-0.4, -0.2) is 49.2 Å². The van der Waals surface area contributed by atoms with Crippen LogP contribution in [0, 0.1) is 0 Å². The number of halogens is 3. The summed E-state index contributed by atoms with van der Waals surface area (Å²) in [5.74, 6) is 0.536. The fourth-order valence-corrected chi connectivity index (χ4v) is 5.24. The number of ether oxygens (including phenoxy) is 1. The Hall–Kier alpha value is -2.85. The molecule has 2 aromatic rings. The van der Waals surface area contributed by atoms with E-state index in [-0.39, 0.29) is 17.7 Å². The van der Waals surface area contributed by atoms with Gasteiger partial charge in [0.1, 0.15) is 11.5 Å². The predicted octanol–water partition coefficient (Wildman–Crippen LogP) is 4.43. The van der Waals surface area contributed by atoms with E-state index in [4.69, 9.17) is 4.74 Å². The van der Waals surface area contributed by atoms with Gasteiger partial charge in [0.05, 0.1) is 5.56 Å². The Kier molecular flexibility index (Phi) is 6.24. The van der Waals surface area contributed by atoms with E-state index in [1.54, 1.807) is 23.1 Å². The van der Waals surface area contributed by atoms with Crippen molar-refractivity contribution in [3.63, 3.8) is 0 Å². The molecular weight excluding hydrogens is 457 g/mol. The van der Waals surface area contributed by atoms with Gasteiger partial charge in [-0.2, -0.15) is 17.5 Å². The van der Waals surface area contributed by atoms with Crippen molar-refractivity contribution in [2.75, 3.05) is 19.6 Å². The number of fused-ring (bicyclic) bond motifs is 1. The zero-order valence-corrected chi connectivity index (χ0v) is 18.5. The first-order valence-corrected chi connectivity index (χ1v) is 12.0. The first-order chi connectivity index (χ1) is 15.6. The third-order valence-electron chi connectivity index (χ3n) is 6.07. The van der Waals surface area contributed by atoms with Crippen LogP contribution in [0.25, 0.3) is 0 Å². The number of amides is 1. The van der Waals surface area contributed by atoms with E-state index in [0.29, 0.717) is 55.8 Å². The summed E-state index contributed by atoms with van der Waals surface area (Å²) in [6.07, 6.45) is -2.82. The van der Waals surface area contributed by atoms with Crippen molar-refractivity contribution < 1.29 is 31.1 Å². The highest BCUT2D eigenvalue weighted by Crippen LogP contribution is 2.35. The lowest BCUT2D eigenvalue weighted by Crippen LogP contribution is -2.50. The number of benzene rings is 2. The molecule has 2 aliphatic rings. The largest absolute Gasteiger partial charge is 0.457 e. The van der Waals surface area contributed by atoms with Crippen LogP contribution >= 0.6 is 0 Å². The van der Waals surface area contributed by atoms with E-state index in [1.165, 1.54) is 16.4 Å². The van der Waals surface area contributed by atoms with Crippen molar-refractivity contribution in [1.29, 1.82) is 0 Å². The summed E-state index contributed by atoms with van der Waals surface area (Å²) < 4.78 is 69.5. The molecule has 6 nitrogen and oxygen atoms in total. The van der Waals surface area contributed by atoms with Gasteiger partial charge < -0.3 is 9.64 Å².